The summed E-state index contributed by atoms with van der Waals surface area (Å²) in [6, 6.07) is 8.75. The highest BCUT2D eigenvalue weighted by molar-refractivity contribution is 5.93. The molecule has 0 radical (unpaired) electrons. The van der Waals surface area contributed by atoms with Gasteiger partial charge in [0.05, 0.1) is 6.26 Å². The molecule has 0 atom stereocenters. The third-order valence-corrected chi connectivity index (χ3v) is 3.56. The Morgan fingerprint density at radius 1 is 1.11 bits per heavy atom. The summed E-state index contributed by atoms with van der Waals surface area (Å²) in [4.78, 5) is 35.0. The first-order chi connectivity index (χ1) is 12.9. The number of nitrogens with one attached hydrogen (secondary N) is 2. The van der Waals surface area contributed by atoms with Gasteiger partial charge in [0.1, 0.15) is 5.75 Å². The minimum atomic E-state index is -0.696. The molecule has 1 aromatic heterocycles. The van der Waals surface area contributed by atoms with Crippen molar-refractivity contribution in [3.8, 4) is 5.75 Å². The molecule has 2 amide bonds. The number of furan rings is 1. The maximum absolute atomic E-state index is 11.8. The smallest absolute Gasteiger partial charge is 0.344 e. The molecular formula is C19H22N2O6. The average Bonchev–Trinajstić information content (AvgIpc) is 3.17. The largest absolute Gasteiger partial charge is 0.482 e. The molecule has 0 aliphatic carbocycles. The molecule has 2 aromatic rings. The number of rotatable bonds is 7. The van der Waals surface area contributed by atoms with Crippen molar-refractivity contribution in [1.82, 2.24) is 10.9 Å². The number of aryl methyl sites for hydroxylation is 1. The van der Waals surface area contributed by atoms with Crippen molar-refractivity contribution < 1.29 is 28.3 Å². The molecule has 2 rings (SSSR count). The summed E-state index contributed by atoms with van der Waals surface area (Å²) >= 11 is 0. The van der Waals surface area contributed by atoms with E-state index in [0.717, 1.165) is 11.1 Å². The van der Waals surface area contributed by atoms with Crippen molar-refractivity contribution in [2.24, 2.45) is 0 Å². The number of carbonyl (C=O) groups excluding carboxylic acids is 3. The number of ether oxygens (including phenoxy) is 2. The Morgan fingerprint density at radius 3 is 2.56 bits per heavy atom. The van der Waals surface area contributed by atoms with Gasteiger partial charge in [-0.2, -0.15) is 0 Å². The van der Waals surface area contributed by atoms with Gasteiger partial charge in [-0.25, -0.2) is 4.79 Å². The summed E-state index contributed by atoms with van der Waals surface area (Å²) in [7, 11) is 0. The summed E-state index contributed by atoms with van der Waals surface area (Å²) in [5.41, 5.74) is 6.24. The van der Waals surface area contributed by atoms with Crippen LogP contribution in [0.1, 0.15) is 41.4 Å². The molecule has 0 spiro atoms. The van der Waals surface area contributed by atoms with E-state index in [1.807, 2.05) is 39.0 Å². The quantitative estimate of drug-likeness (QED) is 0.568. The highest BCUT2D eigenvalue weighted by atomic mass is 16.6. The van der Waals surface area contributed by atoms with Crippen LogP contribution in [0.25, 0.3) is 0 Å². The standard InChI is InChI=1S/C19H22N2O6/c1-12(2)14-7-6-13(3)9-16(14)26-11-18(23)27-10-17(22)20-21-19(24)15-5-4-8-25-15/h4-9,12H,10-11H2,1-3H3,(H,20,22)(H,21,24). The first-order valence-electron chi connectivity index (χ1n) is 8.38. The fourth-order valence-corrected chi connectivity index (χ4v) is 2.20. The Balaban J connectivity index is 1.74. The minimum Gasteiger partial charge on any atom is -0.482 e. The highest BCUT2D eigenvalue weighted by Gasteiger charge is 2.13. The van der Waals surface area contributed by atoms with E-state index in [2.05, 4.69) is 10.9 Å². The Hall–Kier alpha value is -3.29. The lowest BCUT2D eigenvalue weighted by Gasteiger charge is -2.14. The average molecular weight is 374 g/mol. The first kappa shape index (κ1) is 20.0. The lowest BCUT2D eigenvalue weighted by molar-refractivity contribution is -0.150. The van der Waals surface area contributed by atoms with Gasteiger partial charge in [0.2, 0.25) is 0 Å². The highest BCUT2D eigenvalue weighted by Crippen LogP contribution is 2.27. The van der Waals surface area contributed by atoms with Crippen LogP contribution in [-0.2, 0) is 14.3 Å². The van der Waals surface area contributed by atoms with Crippen molar-refractivity contribution in [2.75, 3.05) is 13.2 Å². The van der Waals surface area contributed by atoms with Gasteiger partial charge in [-0.05, 0) is 42.2 Å². The fourth-order valence-electron chi connectivity index (χ4n) is 2.20. The number of hydrogen-bond donors (Lipinski definition) is 2. The molecule has 0 unspecified atom stereocenters. The molecule has 1 heterocycles. The van der Waals surface area contributed by atoms with Crippen molar-refractivity contribution in [1.29, 1.82) is 0 Å². The van der Waals surface area contributed by atoms with Gasteiger partial charge in [0.15, 0.2) is 19.0 Å². The molecule has 0 aliphatic heterocycles. The van der Waals surface area contributed by atoms with Gasteiger partial charge in [-0.1, -0.05) is 26.0 Å². The molecule has 144 valence electrons. The summed E-state index contributed by atoms with van der Waals surface area (Å²) in [5.74, 6) is -1.12. The zero-order valence-corrected chi connectivity index (χ0v) is 15.4. The minimum absolute atomic E-state index is 0.0415. The van der Waals surface area contributed by atoms with Crippen LogP contribution in [0.2, 0.25) is 0 Å². The Morgan fingerprint density at radius 2 is 1.89 bits per heavy atom. The first-order valence-corrected chi connectivity index (χ1v) is 8.38. The van der Waals surface area contributed by atoms with E-state index in [1.54, 1.807) is 0 Å². The van der Waals surface area contributed by atoms with Crippen LogP contribution >= 0.6 is 0 Å². The van der Waals surface area contributed by atoms with E-state index < -0.39 is 24.4 Å². The van der Waals surface area contributed by atoms with E-state index in [0.29, 0.717) is 5.75 Å². The molecule has 0 fully saturated rings. The number of benzene rings is 1. The van der Waals surface area contributed by atoms with Crippen LogP contribution in [0.3, 0.4) is 0 Å². The molecule has 0 aliphatic rings. The van der Waals surface area contributed by atoms with Crippen LogP contribution < -0.4 is 15.6 Å². The zero-order chi connectivity index (χ0) is 19.8. The normalized spacial score (nSPS) is 10.4. The third kappa shape index (κ3) is 6.18. The molecule has 8 nitrogen and oxygen atoms in total. The second kappa shape index (κ2) is 9.42. The maximum Gasteiger partial charge on any atom is 0.344 e. The van der Waals surface area contributed by atoms with Gasteiger partial charge >= 0.3 is 11.9 Å². The molecule has 27 heavy (non-hydrogen) atoms. The topological polar surface area (TPSA) is 107 Å². The lowest BCUT2D eigenvalue weighted by Crippen LogP contribution is -2.43. The second-order valence-corrected chi connectivity index (χ2v) is 6.12. The molecule has 1 aromatic carbocycles. The molecule has 2 N–H and O–H groups in total. The number of hydrogen-bond acceptors (Lipinski definition) is 6. The van der Waals surface area contributed by atoms with Gasteiger partial charge in [0, 0.05) is 0 Å². The Bertz CT molecular complexity index is 799. The monoisotopic (exact) mass is 374 g/mol. The third-order valence-electron chi connectivity index (χ3n) is 3.56. The molecule has 0 saturated carbocycles. The number of hydrazine groups is 1. The number of esters is 1. The Labute approximate surface area is 156 Å². The number of carbonyl (C=O) groups is 3. The van der Waals surface area contributed by atoms with Crippen LogP contribution in [-0.4, -0.2) is 31.0 Å². The summed E-state index contributed by atoms with van der Waals surface area (Å²) in [6.07, 6.45) is 1.33. The summed E-state index contributed by atoms with van der Waals surface area (Å²) in [5, 5.41) is 0. The van der Waals surface area contributed by atoms with Crippen LogP contribution in [0.5, 0.6) is 5.75 Å². The van der Waals surface area contributed by atoms with Crippen LogP contribution in [0.4, 0.5) is 0 Å². The van der Waals surface area contributed by atoms with E-state index in [4.69, 9.17) is 13.9 Å². The number of amides is 2. The zero-order valence-electron chi connectivity index (χ0n) is 15.4. The van der Waals surface area contributed by atoms with E-state index in [1.165, 1.54) is 18.4 Å². The van der Waals surface area contributed by atoms with E-state index in [-0.39, 0.29) is 18.3 Å². The lowest BCUT2D eigenvalue weighted by atomic mass is 10.0. The second-order valence-electron chi connectivity index (χ2n) is 6.12. The van der Waals surface area contributed by atoms with Gasteiger partial charge in [0.25, 0.3) is 5.91 Å². The van der Waals surface area contributed by atoms with E-state index in [9.17, 15) is 14.4 Å². The van der Waals surface area contributed by atoms with Gasteiger partial charge in [-0.15, -0.1) is 0 Å². The Kier molecular flexibility index (Phi) is 6.99. The molecule has 0 bridgehead atoms. The molecule has 8 heteroatoms. The predicted molar refractivity (Wildman–Crippen MR) is 96.0 cm³/mol. The SMILES string of the molecule is Cc1ccc(C(C)C)c(OCC(=O)OCC(=O)NNC(=O)c2ccco2)c1. The van der Waals surface area contributed by atoms with Crippen molar-refractivity contribution in [3.05, 3.63) is 53.5 Å². The van der Waals surface area contributed by atoms with Crippen LogP contribution in [0, 0.1) is 6.92 Å². The van der Waals surface area contributed by atoms with Crippen molar-refractivity contribution in [3.63, 3.8) is 0 Å². The fraction of sp³-hybridized carbons (Fsp3) is 0.316. The van der Waals surface area contributed by atoms with E-state index >= 15 is 0 Å². The molecule has 0 saturated heterocycles. The predicted octanol–water partition coefficient (Wildman–Crippen LogP) is 2.09. The van der Waals surface area contributed by atoms with Crippen LogP contribution in [0.15, 0.2) is 41.0 Å². The van der Waals surface area contributed by atoms with Gasteiger partial charge < -0.3 is 13.9 Å². The van der Waals surface area contributed by atoms with Crippen molar-refractivity contribution >= 4 is 17.8 Å². The molecular weight excluding hydrogens is 352 g/mol. The summed E-state index contributed by atoms with van der Waals surface area (Å²) < 4.78 is 15.2. The van der Waals surface area contributed by atoms with Crippen molar-refractivity contribution in [2.45, 2.75) is 26.7 Å². The summed E-state index contributed by atoms with van der Waals surface area (Å²) in [6.45, 7) is 5.10. The maximum atomic E-state index is 11.8. The van der Waals surface area contributed by atoms with Gasteiger partial charge in [-0.3, -0.25) is 20.4 Å².